The fourth-order valence-electron chi connectivity index (χ4n) is 10.3. The van der Waals surface area contributed by atoms with Crippen molar-refractivity contribution in [1.29, 1.82) is 0 Å². The van der Waals surface area contributed by atoms with Gasteiger partial charge in [-0.3, -0.25) is 0 Å². The van der Waals surface area contributed by atoms with E-state index in [2.05, 4.69) is 137 Å². The number of benzene rings is 4. The third-order valence-electron chi connectivity index (χ3n) is 11.2. The first kappa shape index (κ1) is 25.4. The lowest BCUT2D eigenvalue weighted by Gasteiger charge is -2.53. The molecule has 0 radical (unpaired) electrons. The predicted octanol–water partition coefficient (Wildman–Crippen LogP) is 9.69. The van der Waals surface area contributed by atoms with Crippen molar-refractivity contribution in [3.05, 3.63) is 142 Å². The lowest BCUT2D eigenvalue weighted by Crippen LogP contribution is -2.54. The van der Waals surface area contributed by atoms with Gasteiger partial charge in [0.25, 0.3) is 0 Å². The van der Waals surface area contributed by atoms with E-state index >= 15 is 0 Å². The van der Waals surface area contributed by atoms with Gasteiger partial charge < -0.3 is 0 Å². The standard InChI is InChI=1S/C40H40/c1-5-25-38-31-17-11-12-18-32(31)39(26-6-2)35-24-23-30(22-21-29-15-9-8-10-16-29)28-36(35)40(27-7-3,37(38,39)4)34-20-14-13-19-33(34)38/h8-20,23-24,28H,5-7,25-27H2,1-4H3/t37-,38+,39-,40+/m1/s1. The predicted molar refractivity (Wildman–Crippen MR) is 167 cm³/mol. The Kier molecular flexibility index (Phi) is 5.70. The first-order valence-corrected chi connectivity index (χ1v) is 15.5. The molecule has 7 rings (SSSR count). The highest BCUT2D eigenvalue weighted by Gasteiger charge is 2.82. The zero-order chi connectivity index (χ0) is 27.6. The Morgan fingerprint density at radius 1 is 0.450 bits per heavy atom. The first-order valence-electron chi connectivity index (χ1n) is 15.5. The fraction of sp³-hybridized carbons (Fsp3) is 0.350. The molecule has 0 fully saturated rings. The molecule has 0 N–H and O–H groups in total. The van der Waals surface area contributed by atoms with E-state index in [0.29, 0.717) is 0 Å². The molecule has 0 amide bonds. The molecule has 0 unspecified atom stereocenters. The van der Waals surface area contributed by atoms with Gasteiger partial charge in [0.05, 0.1) is 0 Å². The summed E-state index contributed by atoms with van der Waals surface area (Å²) in [5.74, 6) is 7.01. The Balaban J connectivity index is 1.62. The number of fused-ring (bicyclic) bond motifs is 9. The van der Waals surface area contributed by atoms with Crippen LogP contribution in [0.5, 0.6) is 0 Å². The van der Waals surface area contributed by atoms with E-state index in [-0.39, 0.29) is 21.7 Å². The van der Waals surface area contributed by atoms with Crippen LogP contribution in [0.25, 0.3) is 0 Å². The maximum absolute atomic E-state index is 3.56. The van der Waals surface area contributed by atoms with Gasteiger partial charge in [0.1, 0.15) is 0 Å². The third-order valence-corrected chi connectivity index (χ3v) is 11.2. The average molecular weight is 521 g/mol. The Bertz CT molecular complexity index is 1660. The van der Waals surface area contributed by atoms with Crippen molar-refractivity contribution in [1.82, 2.24) is 0 Å². The van der Waals surface area contributed by atoms with Crippen molar-refractivity contribution < 1.29 is 0 Å². The van der Waals surface area contributed by atoms with Crippen molar-refractivity contribution >= 4 is 0 Å². The maximum atomic E-state index is 3.56. The van der Waals surface area contributed by atoms with Gasteiger partial charge >= 0.3 is 0 Å². The third kappa shape index (κ3) is 2.70. The summed E-state index contributed by atoms with van der Waals surface area (Å²) >= 11 is 0. The van der Waals surface area contributed by atoms with E-state index in [1.807, 2.05) is 0 Å². The highest BCUT2D eigenvalue weighted by Crippen LogP contribution is 2.84. The van der Waals surface area contributed by atoms with E-state index in [1.165, 1.54) is 25.7 Å². The molecule has 40 heavy (non-hydrogen) atoms. The van der Waals surface area contributed by atoms with E-state index in [1.54, 1.807) is 33.4 Å². The van der Waals surface area contributed by atoms with Gasteiger partial charge in [-0.05, 0) is 76.9 Å². The quantitative estimate of drug-likeness (QED) is 0.222. The van der Waals surface area contributed by atoms with E-state index in [9.17, 15) is 0 Å². The average Bonchev–Trinajstić information content (AvgIpc) is 3.40. The van der Waals surface area contributed by atoms with Crippen LogP contribution in [0.3, 0.4) is 0 Å². The second-order valence-electron chi connectivity index (χ2n) is 12.6. The number of hydrogen-bond acceptors (Lipinski definition) is 0. The van der Waals surface area contributed by atoms with Gasteiger partial charge in [0, 0.05) is 32.8 Å². The minimum Gasteiger partial charge on any atom is -0.0653 e. The molecule has 0 spiro atoms. The van der Waals surface area contributed by atoms with Crippen LogP contribution < -0.4 is 0 Å². The van der Waals surface area contributed by atoms with E-state index in [0.717, 1.165) is 24.0 Å². The first-order chi connectivity index (χ1) is 19.6. The highest BCUT2D eigenvalue weighted by molar-refractivity contribution is 5.78. The zero-order valence-electron chi connectivity index (χ0n) is 24.5. The summed E-state index contributed by atoms with van der Waals surface area (Å²) in [4.78, 5) is 0. The molecule has 3 aliphatic rings. The molecule has 0 saturated carbocycles. The van der Waals surface area contributed by atoms with Gasteiger partial charge in [-0.1, -0.05) is 132 Å². The van der Waals surface area contributed by atoms with E-state index in [4.69, 9.17) is 0 Å². The lowest BCUT2D eigenvalue weighted by atomic mass is 9.48. The van der Waals surface area contributed by atoms with Crippen LogP contribution in [-0.4, -0.2) is 0 Å². The summed E-state index contributed by atoms with van der Waals surface area (Å²) in [7, 11) is 0. The Labute approximate surface area is 240 Å². The zero-order valence-corrected chi connectivity index (χ0v) is 24.5. The monoisotopic (exact) mass is 520 g/mol. The largest absolute Gasteiger partial charge is 0.0653 e. The van der Waals surface area contributed by atoms with Crippen LogP contribution in [0.15, 0.2) is 97.1 Å². The van der Waals surface area contributed by atoms with Crippen LogP contribution in [0, 0.1) is 17.3 Å². The van der Waals surface area contributed by atoms with Crippen molar-refractivity contribution in [2.75, 3.05) is 0 Å². The molecule has 4 aromatic rings. The van der Waals surface area contributed by atoms with Gasteiger partial charge in [-0.15, -0.1) is 0 Å². The van der Waals surface area contributed by atoms with Gasteiger partial charge in [-0.25, -0.2) is 0 Å². The molecule has 0 aromatic heterocycles. The molecular formula is C40H40. The minimum atomic E-state index is -0.0541. The highest BCUT2D eigenvalue weighted by atomic mass is 14.8. The topological polar surface area (TPSA) is 0 Å². The molecule has 0 heterocycles. The van der Waals surface area contributed by atoms with Crippen molar-refractivity contribution in [3.63, 3.8) is 0 Å². The minimum absolute atomic E-state index is 0.00578. The SMILES string of the molecule is CCC[C@]12c3ccccc3[C@]3(CCC)c4ccc(C#Cc5ccccc5)cc4[C@](CCC)(c4ccccc41)[C@]23C. The Morgan fingerprint density at radius 2 is 0.850 bits per heavy atom. The van der Waals surface area contributed by atoms with Crippen LogP contribution >= 0.6 is 0 Å². The number of rotatable bonds is 6. The van der Waals surface area contributed by atoms with E-state index < -0.39 is 0 Å². The number of hydrogen-bond donors (Lipinski definition) is 0. The van der Waals surface area contributed by atoms with Gasteiger partial charge in [0.15, 0.2) is 0 Å². The summed E-state index contributed by atoms with van der Waals surface area (Å²) in [5.41, 5.74) is 11.6. The fourth-order valence-corrected chi connectivity index (χ4v) is 10.3. The summed E-state index contributed by atoms with van der Waals surface area (Å²) in [6, 6.07) is 36.8. The molecule has 4 aromatic carbocycles. The second-order valence-corrected chi connectivity index (χ2v) is 12.6. The smallest absolute Gasteiger partial charge is 0.0286 e. The maximum Gasteiger partial charge on any atom is 0.0286 e. The van der Waals surface area contributed by atoms with Crippen molar-refractivity contribution in [2.24, 2.45) is 5.41 Å². The molecular weight excluding hydrogens is 480 g/mol. The summed E-state index contributed by atoms with van der Waals surface area (Å²) in [6.07, 6.45) is 7.02. The lowest BCUT2D eigenvalue weighted by molar-refractivity contribution is 0.0540. The van der Waals surface area contributed by atoms with Crippen LogP contribution in [-0.2, 0) is 16.2 Å². The molecule has 0 aliphatic heterocycles. The molecule has 0 bridgehead atoms. The van der Waals surface area contributed by atoms with Crippen LogP contribution in [0.1, 0.15) is 111 Å². The molecule has 4 atom stereocenters. The summed E-state index contributed by atoms with van der Waals surface area (Å²) in [5, 5.41) is 0. The Hall–Kier alpha value is -3.56. The van der Waals surface area contributed by atoms with Crippen LogP contribution in [0.2, 0.25) is 0 Å². The van der Waals surface area contributed by atoms with Gasteiger partial charge in [-0.2, -0.15) is 0 Å². The summed E-state index contributed by atoms with van der Waals surface area (Å²) < 4.78 is 0. The summed E-state index contributed by atoms with van der Waals surface area (Å²) in [6.45, 7) is 9.88. The second kappa shape index (κ2) is 8.97. The Morgan fingerprint density at radius 3 is 1.32 bits per heavy atom. The van der Waals surface area contributed by atoms with Crippen molar-refractivity contribution in [2.45, 2.75) is 82.5 Å². The van der Waals surface area contributed by atoms with Gasteiger partial charge in [0.2, 0.25) is 0 Å². The molecule has 0 nitrogen and oxygen atoms in total. The van der Waals surface area contributed by atoms with Crippen LogP contribution in [0.4, 0.5) is 0 Å². The molecule has 0 saturated heterocycles. The molecule has 0 heteroatoms. The van der Waals surface area contributed by atoms with Crippen molar-refractivity contribution in [3.8, 4) is 11.8 Å². The molecule has 3 aliphatic carbocycles. The molecule has 200 valence electrons. The normalized spacial score (nSPS) is 28.3.